The second-order valence-corrected chi connectivity index (χ2v) is 5.05. The van der Waals surface area contributed by atoms with Crippen LogP contribution in [0.1, 0.15) is 38.7 Å². The van der Waals surface area contributed by atoms with Crippen LogP contribution in [0.15, 0.2) is 54.6 Å². The minimum atomic E-state index is -1.06. The van der Waals surface area contributed by atoms with Crippen LogP contribution < -0.4 is 0 Å². The Balaban J connectivity index is 2.05. The molecule has 5 nitrogen and oxygen atoms in total. The van der Waals surface area contributed by atoms with Gasteiger partial charge >= 0.3 is 5.97 Å². The molecular weight excluding hydrogens is 282 g/mol. The average molecular weight is 295 g/mol. The average Bonchev–Trinajstić information content (AvgIpc) is 2.78. The quantitative estimate of drug-likeness (QED) is 0.879. The Bertz CT molecular complexity index is 719. The molecule has 5 heteroatoms. The number of hydrogen-bond acceptors (Lipinski definition) is 3. The van der Waals surface area contributed by atoms with Gasteiger partial charge in [-0.25, -0.2) is 0 Å². The number of aliphatic carboxylic acids is 1. The van der Waals surface area contributed by atoms with Crippen LogP contribution in [0.5, 0.6) is 0 Å². The smallest absolute Gasteiger partial charge is 0.305 e. The van der Waals surface area contributed by atoms with Crippen molar-refractivity contribution in [2.24, 2.45) is 0 Å². The van der Waals surface area contributed by atoms with E-state index in [0.717, 1.165) is 4.90 Å². The molecule has 22 heavy (non-hydrogen) atoms. The number of carbonyl (C=O) groups excluding carboxylic acids is 2. The Labute approximate surface area is 126 Å². The molecule has 0 radical (unpaired) electrons. The second kappa shape index (κ2) is 5.44. The number of hydrogen-bond donors (Lipinski definition) is 1. The number of carboxylic acids is 1. The number of rotatable bonds is 4. The van der Waals surface area contributed by atoms with Crippen LogP contribution in [-0.4, -0.2) is 27.8 Å². The molecule has 1 aliphatic heterocycles. The lowest BCUT2D eigenvalue weighted by Gasteiger charge is -2.25. The fraction of sp³-hybridized carbons (Fsp3) is 0.118. The van der Waals surface area contributed by atoms with E-state index in [4.69, 9.17) is 5.11 Å². The highest BCUT2D eigenvalue weighted by atomic mass is 16.4. The standard InChI is InChI=1S/C17H13NO4/c19-15(20)10-14(11-6-2-1-3-7-11)18-16(21)12-8-4-5-9-13(12)17(18)22/h1-9,14H,10H2,(H,19,20)/t14-/m0/s1. The van der Waals surface area contributed by atoms with Crippen molar-refractivity contribution in [2.75, 3.05) is 0 Å². The van der Waals surface area contributed by atoms with Crippen molar-refractivity contribution in [1.82, 2.24) is 4.90 Å². The predicted molar refractivity (Wildman–Crippen MR) is 78.4 cm³/mol. The van der Waals surface area contributed by atoms with Crippen LogP contribution >= 0.6 is 0 Å². The Hall–Kier alpha value is -2.95. The fourth-order valence-electron chi connectivity index (χ4n) is 2.69. The van der Waals surface area contributed by atoms with Crippen molar-refractivity contribution in [3.05, 3.63) is 71.3 Å². The van der Waals surface area contributed by atoms with E-state index in [1.54, 1.807) is 54.6 Å². The molecule has 110 valence electrons. The van der Waals surface area contributed by atoms with Crippen molar-refractivity contribution in [3.8, 4) is 0 Å². The topological polar surface area (TPSA) is 74.7 Å². The number of amides is 2. The molecule has 0 aromatic heterocycles. The molecule has 0 spiro atoms. The van der Waals surface area contributed by atoms with E-state index in [0.29, 0.717) is 16.7 Å². The van der Waals surface area contributed by atoms with Gasteiger partial charge in [0.05, 0.1) is 23.6 Å². The minimum absolute atomic E-state index is 0.318. The maximum atomic E-state index is 12.5. The summed E-state index contributed by atoms with van der Waals surface area (Å²) >= 11 is 0. The van der Waals surface area contributed by atoms with Gasteiger partial charge in [0, 0.05) is 0 Å². The van der Waals surface area contributed by atoms with Gasteiger partial charge in [0.1, 0.15) is 0 Å². The van der Waals surface area contributed by atoms with Gasteiger partial charge in [-0.3, -0.25) is 19.3 Å². The normalized spacial score (nSPS) is 14.8. The zero-order chi connectivity index (χ0) is 15.7. The number of nitrogens with zero attached hydrogens (tertiary/aromatic N) is 1. The summed E-state index contributed by atoms with van der Waals surface area (Å²) in [5.41, 5.74) is 1.26. The Morgan fingerprint density at radius 1 is 0.909 bits per heavy atom. The van der Waals surface area contributed by atoms with Crippen LogP contribution in [0.25, 0.3) is 0 Å². The van der Waals surface area contributed by atoms with Gasteiger partial charge < -0.3 is 5.11 Å². The number of benzene rings is 2. The van der Waals surface area contributed by atoms with Crippen LogP contribution in [0, 0.1) is 0 Å². The zero-order valence-corrected chi connectivity index (χ0v) is 11.6. The van der Waals surface area contributed by atoms with E-state index < -0.39 is 23.8 Å². The third-order valence-electron chi connectivity index (χ3n) is 3.69. The van der Waals surface area contributed by atoms with Gasteiger partial charge in [-0.05, 0) is 17.7 Å². The van der Waals surface area contributed by atoms with Gasteiger partial charge in [0.2, 0.25) is 0 Å². The minimum Gasteiger partial charge on any atom is -0.481 e. The summed E-state index contributed by atoms with van der Waals surface area (Å²) < 4.78 is 0. The van der Waals surface area contributed by atoms with Crippen LogP contribution in [0.4, 0.5) is 0 Å². The molecule has 0 unspecified atom stereocenters. The van der Waals surface area contributed by atoms with Gasteiger partial charge in [0.15, 0.2) is 0 Å². The molecule has 1 atom stereocenters. The molecule has 2 aromatic rings. The van der Waals surface area contributed by atoms with Gasteiger partial charge in [-0.15, -0.1) is 0 Å². The largest absolute Gasteiger partial charge is 0.481 e. The summed E-state index contributed by atoms with van der Waals surface area (Å²) in [5.74, 6) is -1.96. The Morgan fingerprint density at radius 2 is 1.41 bits per heavy atom. The van der Waals surface area contributed by atoms with Crippen molar-refractivity contribution in [2.45, 2.75) is 12.5 Å². The number of carbonyl (C=O) groups is 3. The first-order valence-corrected chi connectivity index (χ1v) is 6.83. The Kier molecular flexibility index (Phi) is 3.47. The molecule has 3 rings (SSSR count). The summed E-state index contributed by atoms with van der Waals surface area (Å²) in [6.07, 6.45) is -0.324. The monoisotopic (exact) mass is 295 g/mol. The maximum absolute atomic E-state index is 12.5. The van der Waals surface area contributed by atoms with Gasteiger partial charge in [-0.2, -0.15) is 0 Å². The second-order valence-electron chi connectivity index (χ2n) is 5.05. The van der Waals surface area contributed by atoms with Crippen LogP contribution in [0.3, 0.4) is 0 Å². The summed E-state index contributed by atoms with van der Waals surface area (Å²) in [6.45, 7) is 0. The van der Waals surface area contributed by atoms with Crippen LogP contribution in [0.2, 0.25) is 0 Å². The number of carboxylic acid groups (broad SMARTS) is 1. The lowest BCUT2D eigenvalue weighted by atomic mass is 10.0. The Morgan fingerprint density at radius 3 is 1.91 bits per heavy atom. The van der Waals surface area contributed by atoms with Gasteiger partial charge in [-0.1, -0.05) is 42.5 Å². The van der Waals surface area contributed by atoms with Crippen molar-refractivity contribution in [1.29, 1.82) is 0 Å². The van der Waals surface area contributed by atoms with E-state index in [1.165, 1.54) is 0 Å². The van der Waals surface area contributed by atoms with Crippen molar-refractivity contribution >= 4 is 17.8 Å². The fourth-order valence-corrected chi connectivity index (χ4v) is 2.69. The summed E-state index contributed by atoms with van der Waals surface area (Å²) in [6, 6.07) is 14.5. The van der Waals surface area contributed by atoms with E-state index >= 15 is 0 Å². The number of imide groups is 1. The highest BCUT2D eigenvalue weighted by Gasteiger charge is 2.40. The molecule has 1 aliphatic rings. The van der Waals surface area contributed by atoms with Crippen molar-refractivity contribution < 1.29 is 19.5 Å². The van der Waals surface area contributed by atoms with Crippen molar-refractivity contribution in [3.63, 3.8) is 0 Å². The number of fused-ring (bicyclic) bond motifs is 1. The molecule has 0 bridgehead atoms. The molecule has 0 fully saturated rings. The molecule has 0 saturated heterocycles. The lowest BCUT2D eigenvalue weighted by Crippen LogP contribution is -2.35. The lowest BCUT2D eigenvalue weighted by molar-refractivity contribution is -0.138. The molecule has 1 heterocycles. The van der Waals surface area contributed by atoms with E-state index in [9.17, 15) is 14.4 Å². The first-order valence-electron chi connectivity index (χ1n) is 6.83. The third kappa shape index (κ3) is 2.26. The first kappa shape index (κ1) is 14.0. The molecule has 2 aromatic carbocycles. The molecule has 0 saturated carbocycles. The first-order chi connectivity index (χ1) is 10.6. The van der Waals surface area contributed by atoms with Gasteiger partial charge in [0.25, 0.3) is 11.8 Å². The zero-order valence-electron chi connectivity index (χ0n) is 11.6. The molecule has 2 amide bonds. The summed E-state index contributed by atoms with van der Waals surface area (Å²) in [7, 11) is 0. The highest BCUT2D eigenvalue weighted by Crippen LogP contribution is 2.33. The highest BCUT2D eigenvalue weighted by molar-refractivity contribution is 6.21. The van der Waals surface area contributed by atoms with E-state index in [1.807, 2.05) is 0 Å². The SMILES string of the molecule is O=C(O)C[C@@H](c1ccccc1)N1C(=O)c2ccccc2C1=O. The maximum Gasteiger partial charge on any atom is 0.305 e. The predicted octanol–water partition coefficient (Wildman–Crippen LogP) is 2.50. The summed E-state index contributed by atoms with van der Waals surface area (Å²) in [5, 5.41) is 9.15. The van der Waals surface area contributed by atoms with E-state index in [-0.39, 0.29) is 6.42 Å². The molecule has 1 N–H and O–H groups in total. The van der Waals surface area contributed by atoms with Crippen LogP contribution in [-0.2, 0) is 4.79 Å². The third-order valence-corrected chi connectivity index (χ3v) is 3.69. The summed E-state index contributed by atoms with van der Waals surface area (Å²) in [4.78, 5) is 37.3. The van der Waals surface area contributed by atoms with E-state index in [2.05, 4.69) is 0 Å². The molecule has 0 aliphatic carbocycles. The molecular formula is C17H13NO4.